The predicted octanol–water partition coefficient (Wildman–Crippen LogP) is 2.07. The first-order valence-electron chi connectivity index (χ1n) is 3.54. The Kier molecular flexibility index (Phi) is 8.52. The minimum absolute atomic E-state index is 1.12. The van der Waals surface area contributed by atoms with Crippen LogP contribution < -0.4 is 0 Å². The summed E-state index contributed by atoms with van der Waals surface area (Å²) in [5.74, 6) is 1.25. The molecule has 0 aliphatic carbocycles. The quantitative estimate of drug-likeness (QED) is 0.638. The molecule has 0 radical (unpaired) electrons. The summed E-state index contributed by atoms with van der Waals surface area (Å²) in [6.07, 6.45) is 3.41. The number of hydrogen-bond donors (Lipinski definition) is 0. The van der Waals surface area contributed by atoms with Gasteiger partial charge in [0.25, 0.3) is 0 Å². The molecule has 0 heterocycles. The SMILES string of the molecule is CSCCN(C)CCCBr. The predicted molar refractivity (Wildman–Crippen MR) is 54.3 cm³/mol. The molecule has 0 aromatic heterocycles. The van der Waals surface area contributed by atoms with E-state index in [-0.39, 0.29) is 0 Å². The molecule has 0 unspecified atom stereocenters. The highest BCUT2D eigenvalue weighted by Crippen LogP contribution is 1.95. The summed E-state index contributed by atoms with van der Waals surface area (Å²) < 4.78 is 0. The maximum Gasteiger partial charge on any atom is 0.00692 e. The summed E-state index contributed by atoms with van der Waals surface area (Å²) in [4.78, 5) is 2.37. The summed E-state index contributed by atoms with van der Waals surface area (Å²) in [5.41, 5.74) is 0. The molecule has 3 heteroatoms. The lowest BCUT2D eigenvalue weighted by Crippen LogP contribution is -2.22. The van der Waals surface area contributed by atoms with Crippen molar-refractivity contribution in [3.8, 4) is 0 Å². The molecular weight excluding hydrogens is 210 g/mol. The molecule has 10 heavy (non-hydrogen) atoms. The third-order valence-corrected chi connectivity index (χ3v) is 2.50. The largest absolute Gasteiger partial charge is 0.306 e. The van der Waals surface area contributed by atoms with Crippen LogP contribution in [0.15, 0.2) is 0 Å². The number of hydrogen-bond acceptors (Lipinski definition) is 2. The summed E-state index contributed by atoms with van der Waals surface area (Å²) >= 11 is 5.32. The Morgan fingerprint density at radius 2 is 2.10 bits per heavy atom. The average molecular weight is 226 g/mol. The molecule has 0 rings (SSSR count). The van der Waals surface area contributed by atoms with E-state index in [4.69, 9.17) is 0 Å². The first kappa shape index (κ1) is 10.8. The van der Waals surface area contributed by atoms with Gasteiger partial charge in [0.1, 0.15) is 0 Å². The first-order chi connectivity index (χ1) is 4.81. The van der Waals surface area contributed by atoms with Crippen molar-refractivity contribution in [2.24, 2.45) is 0 Å². The second kappa shape index (κ2) is 7.89. The van der Waals surface area contributed by atoms with Crippen LogP contribution in [-0.2, 0) is 0 Å². The van der Waals surface area contributed by atoms with E-state index in [1.54, 1.807) is 0 Å². The topological polar surface area (TPSA) is 3.24 Å². The summed E-state index contributed by atoms with van der Waals surface area (Å²) in [6.45, 7) is 2.43. The standard InChI is InChI=1S/C7H16BrNS/c1-9(5-3-4-8)6-7-10-2/h3-7H2,1-2H3. The highest BCUT2D eigenvalue weighted by Gasteiger charge is 1.94. The number of alkyl halides is 1. The van der Waals surface area contributed by atoms with Crippen LogP contribution in [0.1, 0.15) is 6.42 Å². The van der Waals surface area contributed by atoms with Crippen molar-refractivity contribution in [3.05, 3.63) is 0 Å². The molecule has 62 valence electrons. The molecule has 0 amide bonds. The lowest BCUT2D eigenvalue weighted by molar-refractivity contribution is 0.358. The molecule has 0 spiro atoms. The van der Waals surface area contributed by atoms with Gasteiger partial charge in [0, 0.05) is 17.6 Å². The normalized spacial score (nSPS) is 10.8. The van der Waals surface area contributed by atoms with E-state index in [0.29, 0.717) is 0 Å². The lowest BCUT2D eigenvalue weighted by atomic mass is 10.4. The zero-order valence-electron chi connectivity index (χ0n) is 6.77. The van der Waals surface area contributed by atoms with Gasteiger partial charge < -0.3 is 4.90 Å². The molecule has 0 fully saturated rings. The third kappa shape index (κ3) is 6.90. The molecule has 1 nitrogen and oxygen atoms in total. The Balaban J connectivity index is 3.00. The van der Waals surface area contributed by atoms with Gasteiger partial charge in [0.15, 0.2) is 0 Å². The molecule has 0 saturated heterocycles. The van der Waals surface area contributed by atoms with E-state index in [9.17, 15) is 0 Å². The molecule has 0 saturated carbocycles. The Labute approximate surface area is 76.7 Å². The van der Waals surface area contributed by atoms with Gasteiger partial charge in [-0.3, -0.25) is 0 Å². The van der Waals surface area contributed by atoms with Crippen molar-refractivity contribution in [2.75, 3.05) is 37.5 Å². The van der Waals surface area contributed by atoms with Crippen LogP contribution in [0, 0.1) is 0 Å². The van der Waals surface area contributed by atoms with Crippen molar-refractivity contribution in [2.45, 2.75) is 6.42 Å². The number of thioether (sulfide) groups is 1. The third-order valence-electron chi connectivity index (χ3n) is 1.35. The maximum atomic E-state index is 3.41. The molecule has 0 atom stereocenters. The van der Waals surface area contributed by atoms with Gasteiger partial charge >= 0.3 is 0 Å². The van der Waals surface area contributed by atoms with Crippen LogP contribution in [-0.4, -0.2) is 42.4 Å². The van der Waals surface area contributed by atoms with Gasteiger partial charge in [0.2, 0.25) is 0 Å². The maximum absolute atomic E-state index is 3.41. The Morgan fingerprint density at radius 3 is 2.60 bits per heavy atom. The molecule has 0 N–H and O–H groups in total. The minimum atomic E-state index is 1.12. The van der Waals surface area contributed by atoms with Gasteiger partial charge in [0.05, 0.1) is 0 Å². The molecule has 0 aromatic carbocycles. The molecule has 0 bridgehead atoms. The summed E-state index contributed by atoms with van der Waals surface area (Å²) in [7, 11) is 2.18. The average Bonchev–Trinajstić information content (AvgIpc) is 1.97. The Morgan fingerprint density at radius 1 is 1.40 bits per heavy atom. The van der Waals surface area contributed by atoms with Crippen LogP contribution in [0.4, 0.5) is 0 Å². The van der Waals surface area contributed by atoms with E-state index in [0.717, 1.165) is 5.33 Å². The van der Waals surface area contributed by atoms with Crippen molar-refractivity contribution in [3.63, 3.8) is 0 Å². The van der Waals surface area contributed by atoms with Crippen LogP contribution in [0.25, 0.3) is 0 Å². The van der Waals surface area contributed by atoms with Crippen molar-refractivity contribution < 1.29 is 0 Å². The van der Waals surface area contributed by atoms with Crippen molar-refractivity contribution in [1.29, 1.82) is 0 Å². The van der Waals surface area contributed by atoms with Crippen molar-refractivity contribution >= 4 is 27.7 Å². The van der Waals surface area contributed by atoms with Crippen LogP contribution >= 0.6 is 27.7 Å². The molecule has 0 aliphatic rings. The number of nitrogens with zero attached hydrogens (tertiary/aromatic N) is 1. The highest BCUT2D eigenvalue weighted by atomic mass is 79.9. The fraction of sp³-hybridized carbons (Fsp3) is 1.00. The fourth-order valence-electron chi connectivity index (χ4n) is 0.689. The second-order valence-corrected chi connectivity index (χ2v) is 4.12. The van der Waals surface area contributed by atoms with Crippen LogP contribution in [0.3, 0.4) is 0 Å². The lowest BCUT2D eigenvalue weighted by Gasteiger charge is -2.14. The zero-order valence-corrected chi connectivity index (χ0v) is 9.17. The number of rotatable bonds is 6. The van der Waals surface area contributed by atoms with E-state index < -0.39 is 0 Å². The fourth-order valence-corrected chi connectivity index (χ4v) is 1.43. The van der Waals surface area contributed by atoms with Gasteiger partial charge in [-0.25, -0.2) is 0 Å². The van der Waals surface area contributed by atoms with Crippen molar-refractivity contribution in [1.82, 2.24) is 4.90 Å². The number of halogens is 1. The van der Waals surface area contributed by atoms with E-state index in [1.165, 1.54) is 25.3 Å². The first-order valence-corrected chi connectivity index (χ1v) is 6.06. The Bertz CT molecular complexity index is 62.6. The van der Waals surface area contributed by atoms with Gasteiger partial charge in [-0.1, -0.05) is 15.9 Å². The molecular formula is C7H16BrNS. The molecule has 0 aliphatic heterocycles. The smallest absolute Gasteiger partial charge is 0.00692 e. The minimum Gasteiger partial charge on any atom is -0.306 e. The van der Waals surface area contributed by atoms with Gasteiger partial charge in [-0.05, 0) is 26.3 Å². The highest BCUT2D eigenvalue weighted by molar-refractivity contribution is 9.09. The Hall–Kier alpha value is 0.790. The zero-order chi connectivity index (χ0) is 7.82. The van der Waals surface area contributed by atoms with E-state index in [2.05, 4.69) is 34.1 Å². The molecule has 0 aromatic rings. The van der Waals surface area contributed by atoms with Gasteiger partial charge in [-0.15, -0.1) is 0 Å². The van der Waals surface area contributed by atoms with E-state index in [1.807, 2.05) is 11.8 Å². The van der Waals surface area contributed by atoms with Crippen LogP contribution in [0.5, 0.6) is 0 Å². The second-order valence-electron chi connectivity index (χ2n) is 2.34. The monoisotopic (exact) mass is 225 g/mol. The summed E-state index contributed by atoms with van der Waals surface area (Å²) in [5, 5.41) is 1.12. The van der Waals surface area contributed by atoms with Gasteiger partial charge in [-0.2, -0.15) is 11.8 Å². The van der Waals surface area contributed by atoms with E-state index >= 15 is 0 Å². The van der Waals surface area contributed by atoms with Crippen LogP contribution in [0.2, 0.25) is 0 Å². The summed E-state index contributed by atoms with van der Waals surface area (Å²) in [6, 6.07) is 0.